The normalized spacial score (nSPS) is 16.0. The van der Waals surface area contributed by atoms with Crippen molar-refractivity contribution in [2.24, 2.45) is 0 Å². The lowest BCUT2D eigenvalue weighted by molar-refractivity contribution is -0.139. The number of methoxy groups -OCH3 is 1. The van der Waals surface area contributed by atoms with Crippen LogP contribution in [0, 0.1) is 5.82 Å². The van der Waals surface area contributed by atoms with Crippen molar-refractivity contribution in [3.05, 3.63) is 92.0 Å². The third kappa shape index (κ3) is 8.74. The van der Waals surface area contributed by atoms with Crippen LogP contribution in [0.4, 0.5) is 4.39 Å². The van der Waals surface area contributed by atoms with Crippen LogP contribution in [0.15, 0.2) is 65.0 Å². The lowest BCUT2D eigenvalue weighted by Crippen LogP contribution is -2.35. The van der Waals surface area contributed by atoms with Gasteiger partial charge in [0, 0.05) is 27.9 Å². The molecule has 0 bridgehead atoms. The average Bonchev–Trinajstić information content (AvgIpc) is 2.99. The highest BCUT2D eigenvalue weighted by molar-refractivity contribution is 7.54. The molecule has 0 fully saturated rings. The highest BCUT2D eigenvalue weighted by Crippen LogP contribution is 2.60. The van der Waals surface area contributed by atoms with Gasteiger partial charge in [-0.3, -0.25) is 9.88 Å². The fraction of sp³-hybridized carbons (Fsp3) is 0.419. The first-order valence-electron chi connectivity index (χ1n) is 14.4. The lowest BCUT2D eigenvalue weighted by atomic mass is 9.80. The summed E-state index contributed by atoms with van der Waals surface area (Å²) >= 11 is 12.9. The van der Waals surface area contributed by atoms with Crippen molar-refractivity contribution in [3.63, 3.8) is 0 Å². The minimum atomic E-state index is -3.92. The molecule has 0 aromatic heterocycles. The standard InChI is InChI=1S/C31H38Cl2FN2O8P/c1-6-42-31(38)28-24(36-19(4)25(30(37)40-5)26(28)20-12-9-10-13-21(20)32)18-41-17-16-35-29(45(39,43-7-2)44-8-3)27-22(33)14-11-15-23(27)34/h9-15,26,29,35-36H,6-8,16-18H2,1-5H3. The molecule has 0 aliphatic carbocycles. The van der Waals surface area contributed by atoms with Crippen molar-refractivity contribution in [2.75, 3.05) is 46.7 Å². The number of allylic oxidation sites excluding steroid dienone is 1. The van der Waals surface area contributed by atoms with Gasteiger partial charge in [-0.1, -0.05) is 47.5 Å². The maximum absolute atomic E-state index is 15.0. The number of ether oxygens (including phenoxy) is 3. The molecule has 0 saturated heterocycles. The van der Waals surface area contributed by atoms with Crippen molar-refractivity contribution in [1.82, 2.24) is 10.6 Å². The van der Waals surface area contributed by atoms with Crippen molar-refractivity contribution >= 4 is 42.7 Å². The van der Waals surface area contributed by atoms with Crippen LogP contribution in [0.1, 0.15) is 50.5 Å². The third-order valence-corrected chi connectivity index (χ3v) is 9.78. The van der Waals surface area contributed by atoms with Gasteiger partial charge in [0.25, 0.3) is 0 Å². The van der Waals surface area contributed by atoms with E-state index in [1.165, 1.54) is 25.3 Å². The Morgan fingerprint density at radius 1 is 0.978 bits per heavy atom. The molecule has 1 aliphatic rings. The van der Waals surface area contributed by atoms with E-state index < -0.39 is 37.1 Å². The topological polar surface area (TPSA) is 121 Å². The average molecular weight is 688 g/mol. The summed E-state index contributed by atoms with van der Waals surface area (Å²) in [6.07, 6.45) is 0. The Hall–Kier alpha value is -2.76. The number of rotatable bonds is 16. The summed E-state index contributed by atoms with van der Waals surface area (Å²) in [5, 5.41) is 6.52. The van der Waals surface area contributed by atoms with E-state index in [0.29, 0.717) is 22.0 Å². The molecule has 45 heavy (non-hydrogen) atoms. The SMILES string of the molecule is CCOC(=O)C1=C(COCCNC(c2c(F)cccc2Cl)P(=O)(OCC)OCC)NC(C)=C(C(=O)OC)C1c1ccccc1Cl. The van der Waals surface area contributed by atoms with Crippen LogP contribution in [0.3, 0.4) is 0 Å². The number of hydrogen-bond donors (Lipinski definition) is 2. The van der Waals surface area contributed by atoms with E-state index in [2.05, 4.69) is 10.6 Å². The number of carbonyl (C=O) groups is 2. The molecule has 2 atom stereocenters. The monoisotopic (exact) mass is 686 g/mol. The zero-order chi connectivity index (χ0) is 33.1. The molecule has 0 radical (unpaired) electrons. The van der Waals surface area contributed by atoms with E-state index in [1.54, 1.807) is 52.0 Å². The van der Waals surface area contributed by atoms with Gasteiger partial charge in [0.2, 0.25) is 0 Å². The van der Waals surface area contributed by atoms with Gasteiger partial charge < -0.3 is 28.6 Å². The summed E-state index contributed by atoms with van der Waals surface area (Å²) in [6.45, 7) is 6.84. The van der Waals surface area contributed by atoms with Gasteiger partial charge in [-0.05, 0) is 51.5 Å². The maximum atomic E-state index is 15.0. The fourth-order valence-electron chi connectivity index (χ4n) is 4.99. The number of halogens is 3. The molecule has 2 aromatic carbocycles. The summed E-state index contributed by atoms with van der Waals surface area (Å²) in [5.74, 6) is -4.11. The summed E-state index contributed by atoms with van der Waals surface area (Å²) in [5.41, 5.74) is 1.59. The number of hydrogen-bond acceptors (Lipinski definition) is 10. The van der Waals surface area contributed by atoms with Gasteiger partial charge in [-0.25, -0.2) is 14.0 Å². The molecule has 10 nitrogen and oxygen atoms in total. The van der Waals surface area contributed by atoms with Gasteiger partial charge in [0.05, 0.1) is 62.9 Å². The van der Waals surface area contributed by atoms with Crippen molar-refractivity contribution in [2.45, 2.75) is 39.4 Å². The number of benzene rings is 2. The molecule has 2 unspecified atom stereocenters. The summed E-state index contributed by atoms with van der Waals surface area (Å²) in [7, 11) is -2.67. The first-order valence-corrected chi connectivity index (χ1v) is 16.8. The molecule has 1 aliphatic heterocycles. The molecule has 1 heterocycles. The number of nitrogens with one attached hydrogen (secondary N) is 2. The smallest absolute Gasteiger partial charge is 0.352 e. The second-order valence-corrected chi connectivity index (χ2v) is 12.6. The van der Waals surface area contributed by atoms with Crippen molar-refractivity contribution in [1.29, 1.82) is 0 Å². The summed E-state index contributed by atoms with van der Waals surface area (Å²) < 4.78 is 56.1. The van der Waals surface area contributed by atoms with Gasteiger partial charge >= 0.3 is 19.5 Å². The first-order chi connectivity index (χ1) is 21.5. The van der Waals surface area contributed by atoms with Crippen molar-refractivity contribution < 1.29 is 41.8 Å². The minimum absolute atomic E-state index is 0.0193. The van der Waals surface area contributed by atoms with Gasteiger partial charge in [0.1, 0.15) is 11.6 Å². The molecular formula is C31H38Cl2FN2O8P. The van der Waals surface area contributed by atoms with Crippen LogP contribution in [-0.2, 0) is 37.4 Å². The number of carbonyl (C=O) groups excluding carboxylic acids is 2. The first kappa shape index (κ1) is 36.7. The lowest BCUT2D eigenvalue weighted by Gasteiger charge is -2.32. The Kier molecular flexibility index (Phi) is 14.1. The van der Waals surface area contributed by atoms with Gasteiger partial charge in [-0.15, -0.1) is 0 Å². The predicted octanol–water partition coefficient (Wildman–Crippen LogP) is 6.65. The van der Waals surface area contributed by atoms with E-state index >= 15 is 0 Å². The molecule has 0 amide bonds. The number of esters is 2. The Labute approximate surface area is 272 Å². The highest BCUT2D eigenvalue weighted by atomic mass is 35.5. The second-order valence-electron chi connectivity index (χ2n) is 9.64. The Balaban J connectivity index is 1.91. The van der Waals surface area contributed by atoms with Crippen LogP contribution in [-0.4, -0.2) is 58.6 Å². The molecule has 3 rings (SSSR count). The quantitative estimate of drug-likeness (QED) is 0.113. The largest absolute Gasteiger partial charge is 0.466 e. The molecule has 0 saturated carbocycles. The highest BCUT2D eigenvalue weighted by Gasteiger charge is 2.41. The molecule has 14 heteroatoms. The van der Waals surface area contributed by atoms with Crippen LogP contribution < -0.4 is 10.6 Å². The zero-order valence-corrected chi connectivity index (χ0v) is 28.2. The van der Waals surface area contributed by atoms with Crippen LogP contribution in [0.5, 0.6) is 0 Å². The number of dihydropyridines is 1. The van der Waals surface area contributed by atoms with E-state index in [9.17, 15) is 18.5 Å². The summed E-state index contributed by atoms with van der Waals surface area (Å²) in [6, 6.07) is 11.0. The van der Waals surface area contributed by atoms with Crippen LogP contribution in [0.2, 0.25) is 10.0 Å². The van der Waals surface area contributed by atoms with Crippen LogP contribution in [0.25, 0.3) is 0 Å². The molecule has 2 aromatic rings. The van der Waals surface area contributed by atoms with Gasteiger partial charge in [0.15, 0.2) is 0 Å². The van der Waals surface area contributed by atoms with Crippen molar-refractivity contribution in [3.8, 4) is 0 Å². The molecular weight excluding hydrogens is 649 g/mol. The molecule has 0 spiro atoms. The fourth-order valence-corrected chi connectivity index (χ4v) is 7.61. The molecule has 246 valence electrons. The molecule has 2 N–H and O–H groups in total. The van der Waals surface area contributed by atoms with E-state index in [1.807, 2.05) is 0 Å². The third-order valence-electron chi connectivity index (χ3n) is 6.80. The Morgan fingerprint density at radius 3 is 2.24 bits per heavy atom. The van der Waals surface area contributed by atoms with E-state index in [-0.39, 0.29) is 61.3 Å². The summed E-state index contributed by atoms with van der Waals surface area (Å²) in [4.78, 5) is 26.3. The minimum Gasteiger partial charge on any atom is -0.466 e. The second kappa shape index (κ2) is 17.2. The predicted molar refractivity (Wildman–Crippen MR) is 170 cm³/mol. The maximum Gasteiger partial charge on any atom is 0.352 e. The zero-order valence-electron chi connectivity index (χ0n) is 25.8. The van der Waals surface area contributed by atoms with Crippen LogP contribution >= 0.6 is 30.8 Å². The van der Waals surface area contributed by atoms with E-state index in [0.717, 1.165) is 0 Å². The Morgan fingerprint density at radius 2 is 1.64 bits per heavy atom. The van der Waals surface area contributed by atoms with Gasteiger partial charge in [-0.2, -0.15) is 0 Å². The Bertz CT molecular complexity index is 1450. The van der Waals surface area contributed by atoms with E-state index in [4.69, 9.17) is 46.5 Å².